The minimum absolute atomic E-state index is 0.0243. The fraction of sp³-hybridized carbons (Fsp3) is 0.947. The molecule has 0 radical (unpaired) electrons. The van der Waals surface area contributed by atoms with Crippen molar-refractivity contribution in [2.75, 3.05) is 26.0 Å². The highest BCUT2D eigenvalue weighted by Crippen LogP contribution is 2.32. The SMILES string of the molecule is CCCC[C@H]1CN(CCO)[C@@H]1C(=O)N[C@@H]([C@H]1O[C@H](SC)[C@H](O)[C@@H](O)[C@H]1O)[C@H](C)Cl. The van der Waals surface area contributed by atoms with Crippen molar-refractivity contribution in [1.82, 2.24) is 10.2 Å². The van der Waals surface area contributed by atoms with Crippen LogP contribution < -0.4 is 5.32 Å². The Morgan fingerprint density at radius 2 is 2.00 bits per heavy atom. The van der Waals surface area contributed by atoms with Gasteiger partial charge < -0.3 is 30.5 Å². The fourth-order valence-electron chi connectivity index (χ4n) is 4.20. The lowest BCUT2D eigenvalue weighted by molar-refractivity contribution is -0.205. The molecule has 2 rings (SSSR count). The number of halogens is 1. The maximum atomic E-state index is 13.1. The van der Waals surface area contributed by atoms with E-state index >= 15 is 0 Å². The average Bonchev–Trinajstić information content (AvgIpc) is 2.67. The molecule has 10 heteroatoms. The number of nitrogens with one attached hydrogen (secondary N) is 1. The van der Waals surface area contributed by atoms with Gasteiger partial charge >= 0.3 is 0 Å². The number of carbonyl (C=O) groups is 1. The first-order valence-electron chi connectivity index (χ1n) is 10.3. The third-order valence-electron chi connectivity index (χ3n) is 5.89. The molecule has 1 amide bonds. The molecule has 170 valence electrons. The lowest BCUT2D eigenvalue weighted by Crippen LogP contribution is -2.68. The predicted octanol–water partition coefficient (Wildman–Crippen LogP) is -0.248. The summed E-state index contributed by atoms with van der Waals surface area (Å²) in [5.74, 6) is -0.0169. The van der Waals surface area contributed by atoms with Crippen LogP contribution in [-0.2, 0) is 9.53 Å². The third-order valence-corrected chi connectivity index (χ3v) is 7.02. The van der Waals surface area contributed by atoms with Gasteiger partial charge in [-0.2, -0.15) is 0 Å². The van der Waals surface area contributed by atoms with E-state index in [1.807, 2.05) is 4.90 Å². The first-order chi connectivity index (χ1) is 13.8. The van der Waals surface area contributed by atoms with Crippen molar-refractivity contribution in [3.05, 3.63) is 0 Å². The van der Waals surface area contributed by atoms with Gasteiger partial charge in [-0.15, -0.1) is 23.4 Å². The molecule has 2 saturated heterocycles. The van der Waals surface area contributed by atoms with E-state index < -0.39 is 41.3 Å². The van der Waals surface area contributed by atoms with Gasteiger partial charge in [0.25, 0.3) is 0 Å². The first-order valence-corrected chi connectivity index (χ1v) is 12.0. The second kappa shape index (κ2) is 11.5. The van der Waals surface area contributed by atoms with E-state index in [1.165, 1.54) is 11.8 Å². The van der Waals surface area contributed by atoms with E-state index in [9.17, 15) is 25.2 Å². The van der Waals surface area contributed by atoms with E-state index in [4.69, 9.17) is 16.3 Å². The molecule has 0 aromatic carbocycles. The molecule has 29 heavy (non-hydrogen) atoms. The molecule has 2 aliphatic rings. The number of thioether (sulfide) groups is 1. The summed E-state index contributed by atoms with van der Waals surface area (Å²) in [5.41, 5.74) is -0.736. The van der Waals surface area contributed by atoms with E-state index in [0.29, 0.717) is 6.54 Å². The van der Waals surface area contributed by atoms with Crippen molar-refractivity contribution in [1.29, 1.82) is 0 Å². The number of β-amino-alcohol motifs (C(OH)–C–C–N with tert-alkyl or cyclic N) is 1. The van der Waals surface area contributed by atoms with Crippen molar-refractivity contribution in [3.8, 4) is 0 Å². The van der Waals surface area contributed by atoms with E-state index in [0.717, 1.165) is 25.8 Å². The van der Waals surface area contributed by atoms with Crippen molar-refractivity contribution >= 4 is 29.3 Å². The summed E-state index contributed by atoms with van der Waals surface area (Å²) < 4.78 is 5.80. The molecule has 0 spiro atoms. The summed E-state index contributed by atoms with van der Waals surface area (Å²) in [7, 11) is 0. The minimum Gasteiger partial charge on any atom is -0.395 e. The number of rotatable bonds is 10. The molecule has 2 fully saturated rings. The Kier molecular flexibility index (Phi) is 9.95. The Hall–Kier alpha value is -0.130. The van der Waals surface area contributed by atoms with Crippen molar-refractivity contribution < 1.29 is 30.0 Å². The number of nitrogens with zero attached hydrogens (tertiary/aromatic N) is 1. The lowest BCUT2D eigenvalue weighted by atomic mass is 9.83. The van der Waals surface area contributed by atoms with Crippen LogP contribution >= 0.6 is 23.4 Å². The van der Waals surface area contributed by atoms with Crippen LogP contribution in [0.2, 0.25) is 0 Å². The zero-order chi connectivity index (χ0) is 21.7. The maximum absolute atomic E-state index is 13.1. The van der Waals surface area contributed by atoms with Crippen molar-refractivity contribution in [2.45, 2.75) is 80.4 Å². The van der Waals surface area contributed by atoms with Crippen LogP contribution in [-0.4, -0.2) is 104 Å². The molecule has 0 bridgehead atoms. The summed E-state index contributed by atoms with van der Waals surface area (Å²) in [4.78, 5) is 15.0. The van der Waals surface area contributed by atoms with Crippen LogP contribution in [0, 0.1) is 5.92 Å². The highest BCUT2D eigenvalue weighted by molar-refractivity contribution is 7.99. The Bertz CT molecular complexity index is 529. The maximum Gasteiger partial charge on any atom is 0.238 e. The molecule has 8 nitrogen and oxygen atoms in total. The van der Waals surface area contributed by atoms with Gasteiger partial charge in [-0.05, 0) is 25.5 Å². The number of ether oxygens (including phenoxy) is 1. The van der Waals surface area contributed by atoms with Gasteiger partial charge in [0.2, 0.25) is 5.91 Å². The Morgan fingerprint density at radius 3 is 2.55 bits per heavy atom. The van der Waals surface area contributed by atoms with Crippen LogP contribution in [0.1, 0.15) is 33.1 Å². The summed E-state index contributed by atoms with van der Waals surface area (Å²) in [6.45, 7) is 4.96. The summed E-state index contributed by atoms with van der Waals surface area (Å²) in [6, 6.07) is -1.11. The molecule has 2 aliphatic heterocycles. The molecule has 0 aromatic heterocycles. The summed E-state index contributed by atoms with van der Waals surface area (Å²) in [5, 5.41) is 42.4. The number of carbonyl (C=O) groups excluding carboxylic acids is 1. The fourth-order valence-corrected chi connectivity index (χ4v) is 5.09. The molecule has 9 atom stereocenters. The first kappa shape index (κ1) is 25.1. The molecular weight excluding hydrogens is 420 g/mol. The second-order valence-electron chi connectivity index (χ2n) is 7.95. The molecular formula is C19H35ClN2O6S. The molecule has 0 saturated carbocycles. The quantitative estimate of drug-likeness (QED) is 0.286. The highest BCUT2D eigenvalue weighted by Gasteiger charge is 2.49. The van der Waals surface area contributed by atoms with Crippen LogP contribution in [0.3, 0.4) is 0 Å². The number of hydrogen-bond acceptors (Lipinski definition) is 8. The number of amides is 1. The van der Waals surface area contributed by atoms with Crippen molar-refractivity contribution in [3.63, 3.8) is 0 Å². The highest BCUT2D eigenvalue weighted by atomic mass is 35.5. The van der Waals surface area contributed by atoms with Crippen molar-refractivity contribution in [2.24, 2.45) is 5.92 Å². The number of hydrogen-bond donors (Lipinski definition) is 5. The molecule has 2 heterocycles. The molecule has 0 aromatic rings. The molecule has 0 unspecified atom stereocenters. The van der Waals surface area contributed by atoms with E-state index in [2.05, 4.69) is 12.2 Å². The van der Waals surface area contributed by atoms with Crippen LogP contribution in [0.15, 0.2) is 0 Å². The van der Waals surface area contributed by atoms with Gasteiger partial charge in [0.1, 0.15) is 29.9 Å². The zero-order valence-corrected chi connectivity index (χ0v) is 18.8. The lowest BCUT2D eigenvalue weighted by Gasteiger charge is -2.48. The Labute approximate surface area is 181 Å². The standard InChI is InChI=1S/C19H35ClN2O6S/c1-4-5-6-11-9-22(7-8-23)13(11)18(27)21-12(10(2)20)17-15(25)14(24)16(26)19(28-17)29-3/h10-17,19,23-26H,4-9H2,1-3H3,(H,21,27)/t10-,11-,12+,13-,14-,15+,16+,17+,19+/m0/s1. The number of aliphatic hydroxyl groups excluding tert-OH is 4. The minimum atomic E-state index is -1.40. The average molecular weight is 455 g/mol. The van der Waals surface area contributed by atoms with Gasteiger partial charge in [0.15, 0.2) is 0 Å². The molecule has 0 aliphatic carbocycles. The summed E-state index contributed by atoms with van der Waals surface area (Å²) in [6.07, 6.45) is -0.234. The summed E-state index contributed by atoms with van der Waals surface area (Å²) >= 11 is 7.55. The zero-order valence-electron chi connectivity index (χ0n) is 17.3. The van der Waals surface area contributed by atoms with Gasteiger partial charge in [0, 0.05) is 13.1 Å². The number of likely N-dealkylation sites (tertiary alicyclic amines) is 1. The predicted molar refractivity (Wildman–Crippen MR) is 113 cm³/mol. The third kappa shape index (κ3) is 5.77. The van der Waals surface area contributed by atoms with Gasteiger partial charge in [-0.25, -0.2) is 0 Å². The van der Waals surface area contributed by atoms with E-state index in [1.54, 1.807) is 13.2 Å². The Balaban J connectivity index is 2.12. The van der Waals surface area contributed by atoms with Crippen LogP contribution in [0.5, 0.6) is 0 Å². The number of aliphatic hydroxyl groups is 4. The Morgan fingerprint density at radius 1 is 1.31 bits per heavy atom. The largest absolute Gasteiger partial charge is 0.395 e. The number of alkyl halides is 1. The van der Waals surface area contributed by atoms with Gasteiger partial charge in [0.05, 0.1) is 24.1 Å². The van der Waals surface area contributed by atoms with Crippen LogP contribution in [0.4, 0.5) is 0 Å². The van der Waals surface area contributed by atoms with Gasteiger partial charge in [-0.1, -0.05) is 19.8 Å². The second-order valence-corrected chi connectivity index (χ2v) is 9.58. The normalized spacial score (nSPS) is 37.6. The van der Waals surface area contributed by atoms with Crippen LogP contribution in [0.25, 0.3) is 0 Å². The molecule has 5 N–H and O–H groups in total. The van der Waals surface area contributed by atoms with Gasteiger partial charge in [-0.3, -0.25) is 9.69 Å². The smallest absolute Gasteiger partial charge is 0.238 e. The van der Waals surface area contributed by atoms with E-state index in [-0.39, 0.29) is 24.5 Å². The topological polar surface area (TPSA) is 122 Å². The number of unbranched alkanes of at least 4 members (excludes halogenated alkanes) is 1. The monoisotopic (exact) mass is 454 g/mol.